The summed E-state index contributed by atoms with van der Waals surface area (Å²) in [4.78, 5) is 12.7. The maximum absolute atomic E-state index is 13.3. The van der Waals surface area contributed by atoms with E-state index in [-0.39, 0.29) is 29.2 Å². The van der Waals surface area contributed by atoms with E-state index in [4.69, 9.17) is 4.74 Å². The largest absolute Gasteiger partial charge is 0.478 e. The number of hydrogen-bond donors (Lipinski definition) is 0. The van der Waals surface area contributed by atoms with Crippen molar-refractivity contribution in [3.05, 3.63) is 58.7 Å². The lowest BCUT2D eigenvalue weighted by Gasteiger charge is -2.29. The molecule has 0 heterocycles. The molecule has 0 radical (unpaired) electrons. The molecule has 4 nitrogen and oxygen atoms in total. The summed E-state index contributed by atoms with van der Waals surface area (Å²) in [6.45, 7) is 1.58. The van der Waals surface area contributed by atoms with Gasteiger partial charge in [-0.1, -0.05) is 6.07 Å². The van der Waals surface area contributed by atoms with Crippen LogP contribution < -0.4 is 4.74 Å². The average Bonchev–Trinajstić information content (AvgIpc) is 3.12. The number of alkyl halides is 6. The molecule has 0 bridgehead atoms. The highest BCUT2D eigenvalue weighted by molar-refractivity contribution is 7.90. The zero-order chi connectivity index (χ0) is 26.4. The Kier molecular flexibility index (Phi) is 7.06. The highest BCUT2D eigenvalue weighted by atomic mass is 32.2. The van der Waals surface area contributed by atoms with Crippen molar-refractivity contribution in [2.45, 2.75) is 62.4 Å². The third-order valence-electron chi connectivity index (χ3n) is 6.06. The van der Waals surface area contributed by atoms with Gasteiger partial charge in [0.25, 0.3) is 0 Å². The molecule has 0 saturated carbocycles. The summed E-state index contributed by atoms with van der Waals surface area (Å²) in [5.74, 6) is -1.14. The van der Waals surface area contributed by atoms with E-state index in [2.05, 4.69) is 0 Å². The molecular weight excluding hydrogens is 498 g/mol. The zero-order valence-electron chi connectivity index (χ0n) is 19.2. The number of halogens is 6. The molecule has 0 spiro atoms. The monoisotopic (exact) mass is 522 g/mol. The van der Waals surface area contributed by atoms with Gasteiger partial charge >= 0.3 is 12.4 Å². The number of rotatable bonds is 7. The van der Waals surface area contributed by atoms with E-state index in [0.717, 1.165) is 56.0 Å². The number of hydrogen-bond acceptors (Lipinski definition) is 4. The second kappa shape index (κ2) is 9.15. The summed E-state index contributed by atoms with van der Waals surface area (Å²) in [7, 11) is -3.75. The lowest BCUT2D eigenvalue weighted by atomic mass is 9.96. The fraction of sp³-hybridized carbons (Fsp3) is 0.458. The molecule has 1 aliphatic rings. The molecule has 0 saturated heterocycles. The molecule has 3 rings (SSSR count). The van der Waals surface area contributed by atoms with Crippen LogP contribution >= 0.6 is 0 Å². The van der Waals surface area contributed by atoms with Crippen molar-refractivity contribution < 1.29 is 44.3 Å². The fourth-order valence-electron chi connectivity index (χ4n) is 3.94. The Hall–Kier alpha value is -2.56. The molecule has 11 heteroatoms. The van der Waals surface area contributed by atoms with Gasteiger partial charge < -0.3 is 4.74 Å². The van der Waals surface area contributed by atoms with Crippen molar-refractivity contribution >= 4 is 15.6 Å². The summed E-state index contributed by atoms with van der Waals surface area (Å²) in [5, 5.41) is 0. The normalized spacial score (nSPS) is 16.8. The minimum atomic E-state index is -4.76. The SMILES string of the molecule is CC(C)(Oc1ccc(S(C)(=O)=O)cc1C(=O)CCC1Cc2ccc(C(F)(F)F)cc2C1)C(F)(F)F. The van der Waals surface area contributed by atoms with Crippen LogP contribution in [0.25, 0.3) is 0 Å². The summed E-state index contributed by atoms with van der Waals surface area (Å²) >= 11 is 0. The number of fused-ring (bicyclic) bond motifs is 1. The van der Waals surface area contributed by atoms with E-state index < -0.39 is 44.9 Å². The molecule has 0 aliphatic heterocycles. The van der Waals surface area contributed by atoms with Crippen LogP contribution in [0, 0.1) is 5.92 Å². The number of ether oxygens (including phenoxy) is 1. The van der Waals surface area contributed by atoms with Crippen LogP contribution in [-0.4, -0.2) is 32.2 Å². The summed E-state index contributed by atoms with van der Waals surface area (Å²) < 4.78 is 108. The third kappa shape index (κ3) is 6.17. The first-order chi connectivity index (χ1) is 15.9. The molecule has 0 fully saturated rings. The molecular formula is C24H24F6O4S. The van der Waals surface area contributed by atoms with Crippen LogP contribution in [0.5, 0.6) is 5.75 Å². The lowest BCUT2D eigenvalue weighted by Crippen LogP contribution is -2.44. The topological polar surface area (TPSA) is 60.4 Å². The molecule has 35 heavy (non-hydrogen) atoms. The van der Waals surface area contributed by atoms with Crippen LogP contribution in [0.2, 0.25) is 0 Å². The van der Waals surface area contributed by atoms with E-state index in [0.29, 0.717) is 18.4 Å². The van der Waals surface area contributed by atoms with Crippen molar-refractivity contribution in [2.75, 3.05) is 6.26 Å². The molecule has 0 aromatic heterocycles. The maximum Gasteiger partial charge on any atom is 0.427 e. The van der Waals surface area contributed by atoms with Crippen LogP contribution in [0.4, 0.5) is 26.3 Å². The van der Waals surface area contributed by atoms with Gasteiger partial charge in [0.05, 0.1) is 16.0 Å². The first-order valence-corrected chi connectivity index (χ1v) is 12.6. The van der Waals surface area contributed by atoms with E-state index >= 15 is 0 Å². The Balaban J connectivity index is 1.80. The second-order valence-corrected chi connectivity index (χ2v) is 11.3. The Morgan fingerprint density at radius 3 is 2.17 bits per heavy atom. The van der Waals surface area contributed by atoms with Gasteiger partial charge in [-0.15, -0.1) is 0 Å². The predicted molar refractivity (Wildman–Crippen MR) is 116 cm³/mol. The van der Waals surface area contributed by atoms with Crippen molar-refractivity contribution in [3.8, 4) is 5.75 Å². The van der Waals surface area contributed by atoms with Crippen molar-refractivity contribution in [2.24, 2.45) is 5.92 Å². The molecule has 0 N–H and O–H groups in total. The number of carbonyl (C=O) groups excluding carboxylic acids is 1. The highest BCUT2D eigenvalue weighted by Crippen LogP contribution is 2.38. The predicted octanol–water partition coefficient (Wildman–Crippen LogP) is 6.21. The lowest BCUT2D eigenvalue weighted by molar-refractivity contribution is -0.234. The molecule has 1 atom stereocenters. The molecule has 1 unspecified atom stereocenters. The van der Waals surface area contributed by atoms with E-state index in [1.807, 2.05) is 0 Å². The summed E-state index contributed by atoms with van der Waals surface area (Å²) in [6.07, 6.45) is -7.39. The quantitative estimate of drug-likeness (QED) is 0.321. The van der Waals surface area contributed by atoms with Gasteiger partial charge in [-0.25, -0.2) is 8.42 Å². The number of Topliss-reactive ketones (excluding diaryl/α,β-unsaturated/α-hetero) is 1. The summed E-state index contributed by atoms with van der Waals surface area (Å²) in [5.41, 5.74) is -2.38. The zero-order valence-corrected chi connectivity index (χ0v) is 20.0. The number of ketones is 1. The second-order valence-electron chi connectivity index (χ2n) is 9.26. The van der Waals surface area contributed by atoms with Crippen molar-refractivity contribution in [1.29, 1.82) is 0 Å². The van der Waals surface area contributed by atoms with Crippen molar-refractivity contribution in [3.63, 3.8) is 0 Å². The van der Waals surface area contributed by atoms with Crippen LogP contribution in [-0.2, 0) is 28.9 Å². The van der Waals surface area contributed by atoms with Crippen LogP contribution in [0.15, 0.2) is 41.3 Å². The van der Waals surface area contributed by atoms with E-state index in [1.54, 1.807) is 0 Å². The Labute approximate surface area is 199 Å². The first-order valence-electron chi connectivity index (χ1n) is 10.7. The molecule has 192 valence electrons. The van der Waals surface area contributed by atoms with E-state index in [9.17, 15) is 39.6 Å². The van der Waals surface area contributed by atoms with E-state index in [1.165, 1.54) is 6.07 Å². The third-order valence-corrected chi connectivity index (χ3v) is 7.17. The number of benzene rings is 2. The maximum atomic E-state index is 13.3. The van der Waals surface area contributed by atoms with Crippen LogP contribution in [0.3, 0.4) is 0 Å². The smallest absolute Gasteiger partial charge is 0.427 e. The van der Waals surface area contributed by atoms with Crippen LogP contribution in [0.1, 0.15) is 53.7 Å². The Morgan fingerprint density at radius 2 is 1.60 bits per heavy atom. The average molecular weight is 523 g/mol. The van der Waals surface area contributed by atoms with Gasteiger partial charge in [-0.05, 0) is 80.5 Å². The molecule has 2 aromatic rings. The standard InChI is InChI=1S/C24H24F6O4S/c1-22(2,24(28,29)30)34-21-9-7-18(35(3,32)33)13-19(21)20(31)8-4-14-10-15-5-6-17(23(25,26)27)12-16(15)11-14/h5-7,9,12-14H,4,8,10-11H2,1-3H3. The first kappa shape index (κ1) is 27.0. The van der Waals surface area contributed by atoms with Gasteiger partial charge in [0.1, 0.15) is 5.75 Å². The van der Waals surface area contributed by atoms with Crippen molar-refractivity contribution in [1.82, 2.24) is 0 Å². The fourth-order valence-corrected chi connectivity index (χ4v) is 4.59. The minimum Gasteiger partial charge on any atom is -0.478 e. The Morgan fingerprint density at radius 1 is 0.971 bits per heavy atom. The van der Waals surface area contributed by atoms with Gasteiger partial charge in [0.15, 0.2) is 21.2 Å². The summed E-state index contributed by atoms with van der Waals surface area (Å²) in [6, 6.07) is 6.62. The van der Waals surface area contributed by atoms with Gasteiger partial charge in [-0.3, -0.25) is 4.79 Å². The number of sulfone groups is 1. The highest BCUT2D eigenvalue weighted by Gasteiger charge is 2.50. The Bertz CT molecular complexity index is 1230. The molecule has 2 aromatic carbocycles. The minimum absolute atomic E-state index is 0.133. The van der Waals surface area contributed by atoms with Gasteiger partial charge in [0.2, 0.25) is 0 Å². The molecule has 1 aliphatic carbocycles. The molecule has 0 amide bonds. The van der Waals surface area contributed by atoms with Gasteiger partial charge in [-0.2, -0.15) is 26.3 Å². The van der Waals surface area contributed by atoms with Gasteiger partial charge in [0, 0.05) is 12.7 Å². The number of carbonyl (C=O) groups is 1.